The number of hydrogen-bond acceptors (Lipinski definition) is 3. The summed E-state index contributed by atoms with van der Waals surface area (Å²) in [5.41, 5.74) is 7.71. The molecule has 3 nitrogen and oxygen atoms in total. The molecule has 4 heteroatoms. The van der Waals surface area contributed by atoms with Crippen LogP contribution in [0.15, 0.2) is 36.4 Å². The summed E-state index contributed by atoms with van der Waals surface area (Å²) in [7, 11) is 0. The topological polar surface area (TPSA) is 47.3 Å². The van der Waals surface area contributed by atoms with Crippen molar-refractivity contribution in [3.63, 3.8) is 0 Å². The van der Waals surface area contributed by atoms with Crippen molar-refractivity contribution >= 4 is 0 Å². The Morgan fingerprint density at radius 3 is 2.60 bits per heavy atom. The molecule has 3 N–H and O–H groups in total. The van der Waals surface area contributed by atoms with Gasteiger partial charge in [0, 0.05) is 18.6 Å². The van der Waals surface area contributed by atoms with Crippen LogP contribution < -0.4 is 11.1 Å². The molecule has 0 heterocycles. The molecule has 0 saturated carbocycles. The van der Waals surface area contributed by atoms with E-state index >= 15 is 0 Å². The summed E-state index contributed by atoms with van der Waals surface area (Å²) < 4.78 is 18.3. The van der Waals surface area contributed by atoms with Gasteiger partial charge < -0.3 is 15.8 Å². The Bertz CT molecular complexity index is 419. The summed E-state index contributed by atoms with van der Waals surface area (Å²) in [6, 6.07) is 6.54. The minimum absolute atomic E-state index is 0.218. The number of benzene rings is 1. The molecule has 0 amide bonds. The molecule has 0 saturated heterocycles. The Balaban J connectivity index is 2.41. The second-order valence-corrected chi connectivity index (χ2v) is 5.50. The normalized spacial score (nSPS) is 14.0. The van der Waals surface area contributed by atoms with Gasteiger partial charge in [0.25, 0.3) is 0 Å². The van der Waals surface area contributed by atoms with Crippen molar-refractivity contribution in [2.24, 2.45) is 5.73 Å². The fourth-order valence-electron chi connectivity index (χ4n) is 1.93. The van der Waals surface area contributed by atoms with Crippen molar-refractivity contribution in [1.82, 2.24) is 5.32 Å². The van der Waals surface area contributed by atoms with Gasteiger partial charge in [-0.3, -0.25) is 0 Å². The number of nitrogens with one attached hydrogen (secondary N) is 1. The number of halogens is 1. The Labute approximate surface area is 121 Å². The number of rotatable bonds is 9. The molecule has 1 aromatic rings. The van der Waals surface area contributed by atoms with Crippen LogP contribution in [0.3, 0.4) is 0 Å². The van der Waals surface area contributed by atoms with Crippen LogP contribution in [0.4, 0.5) is 4.39 Å². The first-order valence-electron chi connectivity index (χ1n) is 6.87. The highest BCUT2D eigenvalue weighted by molar-refractivity contribution is 5.18. The minimum Gasteiger partial charge on any atom is -0.376 e. The SMILES string of the molecule is C=C(C)COCCNC(C)(CN)Cc1ccc(F)cc1. The molecule has 112 valence electrons. The van der Waals surface area contributed by atoms with E-state index in [4.69, 9.17) is 10.5 Å². The van der Waals surface area contributed by atoms with Gasteiger partial charge in [-0.05, 0) is 38.0 Å². The van der Waals surface area contributed by atoms with Crippen molar-refractivity contribution in [3.8, 4) is 0 Å². The summed E-state index contributed by atoms with van der Waals surface area (Å²) >= 11 is 0. The van der Waals surface area contributed by atoms with Gasteiger partial charge in [-0.15, -0.1) is 0 Å². The van der Waals surface area contributed by atoms with Gasteiger partial charge in [0.05, 0.1) is 13.2 Å². The highest BCUT2D eigenvalue weighted by Gasteiger charge is 2.21. The van der Waals surface area contributed by atoms with Crippen molar-refractivity contribution in [1.29, 1.82) is 0 Å². The monoisotopic (exact) mass is 280 g/mol. The average molecular weight is 280 g/mol. The van der Waals surface area contributed by atoms with Gasteiger partial charge in [0.15, 0.2) is 0 Å². The first kappa shape index (κ1) is 16.8. The van der Waals surface area contributed by atoms with Gasteiger partial charge in [-0.2, -0.15) is 0 Å². The highest BCUT2D eigenvalue weighted by atomic mass is 19.1. The van der Waals surface area contributed by atoms with E-state index in [0.29, 0.717) is 19.8 Å². The molecule has 1 atom stereocenters. The molecule has 0 radical (unpaired) electrons. The van der Waals surface area contributed by atoms with Crippen molar-refractivity contribution in [2.45, 2.75) is 25.8 Å². The zero-order valence-electron chi connectivity index (χ0n) is 12.4. The quantitative estimate of drug-likeness (QED) is 0.539. The van der Waals surface area contributed by atoms with E-state index in [1.807, 2.05) is 6.92 Å². The van der Waals surface area contributed by atoms with Crippen molar-refractivity contribution < 1.29 is 9.13 Å². The first-order chi connectivity index (χ1) is 9.45. The summed E-state index contributed by atoms with van der Waals surface area (Å²) in [5.74, 6) is -0.218. The van der Waals surface area contributed by atoms with Crippen LogP contribution >= 0.6 is 0 Å². The predicted molar refractivity (Wildman–Crippen MR) is 81.2 cm³/mol. The smallest absolute Gasteiger partial charge is 0.123 e. The van der Waals surface area contributed by atoms with Crippen LogP contribution in [0.2, 0.25) is 0 Å². The van der Waals surface area contributed by atoms with Gasteiger partial charge >= 0.3 is 0 Å². The molecule has 0 spiro atoms. The summed E-state index contributed by atoms with van der Waals surface area (Å²) in [5, 5.41) is 3.41. The van der Waals surface area contributed by atoms with Gasteiger partial charge in [0.2, 0.25) is 0 Å². The maximum atomic E-state index is 12.9. The molecule has 1 rings (SSSR count). The maximum absolute atomic E-state index is 12.9. The average Bonchev–Trinajstić information content (AvgIpc) is 2.41. The fraction of sp³-hybridized carbons (Fsp3) is 0.500. The zero-order chi connectivity index (χ0) is 15.0. The van der Waals surface area contributed by atoms with Crippen LogP contribution in [-0.2, 0) is 11.2 Å². The molecular formula is C16H25FN2O. The summed E-state index contributed by atoms with van der Waals surface area (Å²) in [6.45, 7) is 10.2. The van der Waals surface area contributed by atoms with Gasteiger partial charge in [-0.25, -0.2) is 4.39 Å². The lowest BCUT2D eigenvalue weighted by atomic mass is 9.93. The Morgan fingerprint density at radius 2 is 2.05 bits per heavy atom. The van der Waals surface area contributed by atoms with Gasteiger partial charge in [-0.1, -0.05) is 24.3 Å². The lowest BCUT2D eigenvalue weighted by Gasteiger charge is -2.30. The van der Waals surface area contributed by atoms with E-state index in [2.05, 4.69) is 18.8 Å². The minimum atomic E-state index is -0.218. The second-order valence-electron chi connectivity index (χ2n) is 5.50. The van der Waals surface area contributed by atoms with Crippen LogP contribution in [0.1, 0.15) is 19.4 Å². The zero-order valence-corrected chi connectivity index (χ0v) is 12.4. The van der Waals surface area contributed by atoms with E-state index in [1.165, 1.54) is 12.1 Å². The predicted octanol–water partition coefficient (Wildman–Crippen LogP) is 2.27. The summed E-state index contributed by atoms with van der Waals surface area (Å²) in [6.07, 6.45) is 0.754. The molecule has 0 aliphatic carbocycles. The lowest BCUT2D eigenvalue weighted by Crippen LogP contribution is -2.51. The third-order valence-corrected chi connectivity index (χ3v) is 3.10. The van der Waals surface area contributed by atoms with Crippen molar-refractivity contribution in [3.05, 3.63) is 47.8 Å². The van der Waals surface area contributed by atoms with E-state index in [1.54, 1.807) is 12.1 Å². The molecule has 1 aromatic carbocycles. The van der Waals surface area contributed by atoms with E-state index in [9.17, 15) is 4.39 Å². The third-order valence-electron chi connectivity index (χ3n) is 3.10. The largest absolute Gasteiger partial charge is 0.376 e. The molecule has 0 aromatic heterocycles. The van der Waals surface area contributed by atoms with E-state index in [0.717, 1.165) is 24.1 Å². The molecule has 0 bridgehead atoms. The Hall–Kier alpha value is -1.23. The first-order valence-corrected chi connectivity index (χ1v) is 6.87. The Kier molecular flexibility index (Phi) is 6.85. The molecule has 0 aliphatic heterocycles. The molecule has 20 heavy (non-hydrogen) atoms. The maximum Gasteiger partial charge on any atom is 0.123 e. The molecule has 1 unspecified atom stereocenters. The second kappa shape index (κ2) is 8.15. The van der Waals surface area contributed by atoms with Crippen LogP contribution in [-0.4, -0.2) is 31.8 Å². The number of nitrogens with two attached hydrogens (primary N) is 1. The molecular weight excluding hydrogens is 255 g/mol. The van der Waals surface area contributed by atoms with Gasteiger partial charge in [0.1, 0.15) is 5.82 Å². The summed E-state index contributed by atoms with van der Waals surface area (Å²) in [4.78, 5) is 0. The lowest BCUT2D eigenvalue weighted by molar-refractivity contribution is 0.149. The highest BCUT2D eigenvalue weighted by Crippen LogP contribution is 2.13. The molecule has 0 aliphatic rings. The number of hydrogen-bond donors (Lipinski definition) is 2. The third kappa shape index (κ3) is 6.28. The molecule has 0 fully saturated rings. The Morgan fingerprint density at radius 1 is 1.40 bits per heavy atom. The van der Waals surface area contributed by atoms with Crippen molar-refractivity contribution in [2.75, 3.05) is 26.3 Å². The van der Waals surface area contributed by atoms with Crippen LogP contribution in [0.25, 0.3) is 0 Å². The van der Waals surface area contributed by atoms with Crippen LogP contribution in [0, 0.1) is 5.82 Å². The number of ether oxygens (including phenoxy) is 1. The van der Waals surface area contributed by atoms with E-state index in [-0.39, 0.29) is 11.4 Å². The fourth-order valence-corrected chi connectivity index (χ4v) is 1.93. The van der Waals surface area contributed by atoms with E-state index < -0.39 is 0 Å². The van der Waals surface area contributed by atoms with Crippen LogP contribution in [0.5, 0.6) is 0 Å². The standard InChI is InChI=1S/C16H25FN2O/c1-13(2)11-20-9-8-19-16(3,12-18)10-14-4-6-15(17)7-5-14/h4-7,19H,1,8-12,18H2,2-3H3.